The summed E-state index contributed by atoms with van der Waals surface area (Å²) in [4.78, 5) is 0. The molecule has 88 valence electrons. The maximum absolute atomic E-state index is 9.60. The number of halogens is 1. The Labute approximate surface area is 106 Å². The van der Waals surface area contributed by atoms with Crippen molar-refractivity contribution in [2.75, 3.05) is 6.61 Å². The van der Waals surface area contributed by atoms with Crippen LogP contribution in [0.15, 0.2) is 36.4 Å². The van der Waals surface area contributed by atoms with E-state index in [-0.39, 0.29) is 12.0 Å². The zero-order valence-electron chi connectivity index (χ0n) is 9.62. The van der Waals surface area contributed by atoms with Crippen LogP contribution in [0.5, 0.6) is 0 Å². The SMILES string of the molecule is OCC1(c2ccc3cccc(Cl)c3c2)CCC1. The molecule has 0 aliphatic heterocycles. The summed E-state index contributed by atoms with van der Waals surface area (Å²) in [6, 6.07) is 12.3. The van der Waals surface area contributed by atoms with Gasteiger partial charge in [-0.3, -0.25) is 0 Å². The zero-order valence-corrected chi connectivity index (χ0v) is 10.4. The predicted octanol–water partition coefficient (Wildman–Crippen LogP) is 3.91. The fraction of sp³-hybridized carbons (Fsp3) is 0.333. The van der Waals surface area contributed by atoms with Gasteiger partial charge in [0.25, 0.3) is 0 Å². The summed E-state index contributed by atoms with van der Waals surface area (Å²) in [7, 11) is 0. The van der Waals surface area contributed by atoms with Crippen LogP contribution >= 0.6 is 11.6 Å². The Bertz CT molecular complexity index is 552. The summed E-state index contributed by atoms with van der Waals surface area (Å²) in [5.41, 5.74) is 1.22. The molecule has 0 saturated heterocycles. The first-order chi connectivity index (χ1) is 8.25. The molecule has 17 heavy (non-hydrogen) atoms. The number of benzene rings is 2. The van der Waals surface area contributed by atoms with Gasteiger partial charge in [0, 0.05) is 15.8 Å². The molecule has 0 radical (unpaired) electrons. The lowest BCUT2D eigenvalue weighted by atomic mass is 9.65. The minimum absolute atomic E-state index is 0.00659. The van der Waals surface area contributed by atoms with Crippen molar-refractivity contribution in [3.05, 3.63) is 47.0 Å². The minimum atomic E-state index is -0.00659. The van der Waals surface area contributed by atoms with Crippen molar-refractivity contribution < 1.29 is 5.11 Å². The van der Waals surface area contributed by atoms with Crippen molar-refractivity contribution in [1.82, 2.24) is 0 Å². The first-order valence-corrected chi connectivity index (χ1v) is 6.43. The van der Waals surface area contributed by atoms with Crippen molar-refractivity contribution in [2.24, 2.45) is 0 Å². The molecular formula is C15H15ClO. The molecule has 3 rings (SSSR count). The van der Waals surface area contributed by atoms with Crippen LogP contribution in [0.4, 0.5) is 0 Å². The molecule has 1 fully saturated rings. The van der Waals surface area contributed by atoms with Crippen molar-refractivity contribution in [1.29, 1.82) is 0 Å². The molecule has 1 nitrogen and oxygen atoms in total. The second-order valence-electron chi connectivity index (χ2n) is 4.97. The third-order valence-corrected chi connectivity index (χ3v) is 4.38. The Morgan fingerprint density at radius 2 is 2.00 bits per heavy atom. The summed E-state index contributed by atoms with van der Waals surface area (Å²) < 4.78 is 0. The molecular weight excluding hydrogens is 232 g/mol. The molecule has 0 heterocycles. The molecule has 1 N–H and O–H groups in total. The number of aliphatic hydroxyl groups excluding tert-OH is 1. The molecule has 0 aromatic heterocycles. The molecule has 0 amide bonds. The number of fused-ring (bicyclic) bond motifs is 1. The second kappa shape index (κ2) is 4.01. The van der Waals surface area contributed by atoms with Crippen LogP contribution in [0.25, 0.3) is 10.8 Å². The highest BCUT2D eigenvalue weighted by Crippen LogP contribution is 2.44. The van der Waals surface area contributed by atoms with E-state index in [0.29, 0.717) is 0 Å². The van der Waals surface area contributed by atoms with Gasteiger partial charge in [0.2, 0.25) is 0 Å². The maximum atomic E-state index is 9.60. The fourth-order valence-electron chi connectivity index (χ4n) is 2.71. The average Bonchev–Trinajstić information content (AvgIpc) is 2.29. The van der Waals surface area contributed by atoms with Gasteiger partial charge in [0.1, 0.15) is 0 Å². The van der Waals surface area contributed by atoms with Crippen LogP contribution in [0.2, 0.25) is 5.02 Å². The molecule has 2 aromatic rings. The molecule has 0 spiro atoms. The highest BCUT2D eigenvalue weighted by molar-refractivity contribution is 6.35. The Morgan fingerprint density at radius 1 is 1.18 bits per heavy atom. The largest absolute Gasteiger partial charge is 0.395 e. The van der Waals surface area contributed by atoms with E-state index in [0.717, 1.165) is 28.6 Å². The summed E-state index contributed by atoms with van der Waals surface area (Å²) >= 11 is 6.22. The van der Waals surface area contributed by atoms with Gasteiger partial charge < -0.3 is 5.11 Å². The molecule has 0 bridgehead atoms. The topological polar surface area (TPSA) is 20.2 Å². The van der Waals surface area contributed by atoms with Gasteiger partial charge in [0.05, 0.1) is 6.61 Å². The van der Waals surface area contributed by atoms with Gasteiger partial charge >= 0.3 is 0 Å². The number of hydrogen-bond donors (Lipinski definition) is 1. The normalized spacial score (nSPS) is 18.0. The van der Waals surface area contributed by atoms with E-state index in [1.54, 1.807) is 0 Å². The van der Waals surface area contributed by atoms with E-state index in [2.05, 4.69) is 24.3 Å². The predicted molar refractivity (Wildman–Crippen MR) is 71.6 cm³/mol. The standard InChI is InChI=1S/C15H15ClO/c16-14-4-1-3-11-5-6-12(9-13(11)14)15(10-17)7-2-8-15/h1,3-6,9,17H,2,7-8,10H2. The average molecular weight is 247 g/mol. The van der Waals surface area contributed by atoms with Gasteiger partial charge in [-0.1, -0.05) is 42.3 Å². The number of hydrogen-bond acceptors (Lipinski definition) is 1. The van der Waals surface area contributed by atoms with E-state index in [1.165, 1.54) is 12.0 Å². The third kappa shape index (κ3) is 1.65. The molecule has 2 heteroatoms. The molecule has 0 unspecified atom stereocenters. The molecule has 1 aliphatic carbocycles. The number of aliphatic hydroxyl groups is 1. The molecule has 0 atom stereocenters. The van der Waals surface area contributed by atoms with Gasteiger partial charge in [-0.05, 0) is 35.9 Å². The third-order valence-electron chi connectivity index (χ3n) is 4.05. The van der Waals surface area contributed by atoms with Crippen LogP contribution in [-0.2, 0) is 5.41 Å². The Morgan fingerprint density at radius 3 is 2.65 bits per heavy atom. The Kier molecular flexibility index (Phi) is 2.61. The lowest BCUT2D eigenvalue weighted by Crippen LogP contribution is -2.37. The summed E-state index contributed by atoms with van der Waals surface area (Å²) in [5.74, 6) is 0. The molecule has 1 aliphatic rings. The van der Waals surface area contributed by atoms with Crippen molar-refractivity contribution >= 4 is 22.4 Å². The van der Waals surface area contributed by atoms with E-state index in [9.17, 15) is 5.11 Å². The van der Waals surface area contributed by atoms with Crippen molar-refractivity contribution in [3.63, 3.8) is 0 Å². The lowest BCUT2D eigenvalue weighted by Gasteiger charge is -2.41. The van der Waals surface area contributed by atoms with E-state index >= 15 is 0 Å². The molecule has 1 saturated carbocycles. The lowest BCUT2D eigenvalue weighted by molar-refractivity contribution is 0.120. The van der Waals surface area contributed by atoms with Crippen LogP contribution in [-0.4, -0.2) is 11.7 Å². The summed E-state index contributed by atoms with van der Waals surface area (Å²) in [5, 5.41) is 12.6. The minimum Gasteiger partial charge on any atom is -0.395 e. The van der Waals surface area contributed by atoms with E-state index in [1.807, 2.05) is 12.1 Å². The van der Waals surface area contributed by atoms with Crippen LogP contribution in [0.1, 0.15) is 24.8 Å². The summed E-state index contributed by atoms with van der Waals surface area (Å²) in [6.07, 6.45) is 3.38. The summed E-state index contributed by atoms with van der Waals surface area (Å²) in [6.45, 7) is 0.239. The maximum Gasteiger partial charge on any atom is 0.0527 e. The van der Waals surface area contributed by atoms with Gasteiger partial charge in [-0.25, -0.2) is 0 Å². The van der Waals surface area contributed by atoms with E-state index in [4.69, 9.17) is 11.6 Å². The van der Waals surface area contributed by atoms with Gasteiger partial charge in [0.15, 0.2) is 0 Å². The quantitative estimate of drug-likeness (QED) is 0.852. The van der Waals surface area contributed by atoms with E-state index < -0.39 is 0 Å². The van der Waals surface area contributed by atoms with Crippen molar-refractivity contribution in [2.45, 2.75) is 24.7 Å². The second-order valence-corrected chi connectivity index (χ2v) is 5.37. The molecule has 2 aromatic carbocycles. The number of rotatable bonds is 2. The first-order valence-electron chi connectivity index (χ1n) is 6.05. The fourth-order valence-corrected chi connectivity index (χ4v) is 2.94. The van der Waals surface area contributed by atoms with Crippen LogP contribution in [0.3, 0.4) is 0 Å². The van der Waals surface area contributed by atoms with Crippen molar-refractivity contribution in [3.8, 4) is 0 Å². The monoisotopic (exact) mass is 246 g/mol. The first kappa shape index (κ1) is 11.1. The highest BCUT2D eigenvalue weighted by atomic mass is 35.5. The zero-order chi connectivity index (χ0) is 11.9. The smallest absolute Gasteiger partial charge is 0.0527 e. The van der Waals surface area contributed by atoms with Gasteiger partial charge in [-0.2, -0.15) is 0 Å². The highest BCUT2D eigenvalue weighted by Gasteiger charge is 2.38. The van der Waals surface area contributed by atoms with Crippen LogP contribution < -0.4 is 0 Å². The van der Waals surface area contributed by atoms with Crippen LogP contribution in [0, 0.1) is 0 Å². The Balaban J connectivity index is 2.16. The Hall–Kier alpha value is -1.05. The van der Waals surface area contributed by atoms with Gasteiger partial charge in [-0.15, -0.1) is 0 Å².